The molecule has 10 heteroatoms. The van der Waals surface area contributed by atoms with Crippen LogP contribution in [-0.4, -0.2) is 45.3 Å². The zero-order valence-electron chi connectivity index (χ0n) is 13.1. The van der Waals surface area contributed by atoms with E-state index < -0.39 is 18.1 Å². The van der Waals surface area contributed by atoms with Gasteiger partial charge in [-0.1, -0.05) is 11.6 Å². The third-order valence-electron chi connectivity index (χ3n) is 3.20. The number of hydrogen-bond donors (Lipinski definition) is 3. The molecule has 6 nitrogen and oxygen atoms in total. The van der Waals surface area contributed by atoms with E-state index >= 15 is 0 Å². The highest BCUT2D eigenvalue weighted by Crippen LogP contribution is 2.45. The van der Waals surface area contributed by atoms with Gasteiger partial charge in [-0.05, 0) is 12.1 Å². The van der Waals surface area contributed by atoms with E-state index in [0.717, 1.165) is 6.54 Å². The number of alkyl halides is 3. The van der Waals surface area contributed by atoms with Crippen molar-refractivity contribution in [3.63, 3.8) is 0 Å². The van der Waals surface area contributed by atoms with Gasteiger partial charge in [0, 0.05) is 24.1 Å². The molecule has 0 bridgehead atoms. The van der Waals surface area contributed by atoms with Gasteiger partial charge in [0.05, 0.1) is 20.6 Å². The standard InChI is InChI=1S/C14H17ClF3N3O3/c1-21(2)7-3-6-19-12(22)20-14(13(16,17)18)23-10-5-4-9(15)8-11(10)24-14/h4-5,8H,3,6-7H2,1-2H3,(H2,19,20,22)/p+1/t14-/m0/s1. The van der Waals surface area contributed by atoms with Crippen LogP contribution in [0.2, 0.25) is 5.02 Å². The maximum atomic E-state index is 13.4. The molecule has 24 heavy (non-hydrogen) atoms. The molecule has 134 valence electrons. The van der Waals surface area contributed by atoms with Crippen LogP contribution in [0.15, 0.2) is 18.2 Å². The number of rotatable bonds is 5. The molecule has 1 atom stereocenters. The lowest BCUT2D eigenvalue weighted by molar-refractivity contribution is -0.858. The van der Waals surface area contributed by atoms with Gasteiger partial charge in [-0.3, -0.25) is 5.32 Å². The fourth-order valence-electron chi connectivity index (χ4n) is 2.05. The topological polar surface area (TPSA) is 64.0 Å². The number of quaternary nitrogens is 1. The first-order chi connectivity index (χ1) is 11.1. The summed E-state index contributed by atoms with van der Waals surface area (Å²) < 4.78 is 49.9. The summed E-state index contributed by atoms with van der Waals surface area (Å²) in [7, 11) is 3.86. The predicted octanol–water partition coefficient (Wildman–Crippen LogP) is 1.16. The van der Waals surface area contributed by atoms with Gasteiger partial charge in [0.25, 0.3) is 0 Å². The van der Waals surface area contributed by atoms with Gasteiger partial charge < -0.3 is 19.7 Å². The number of halogens is 4. The molecule has 1 aromatic rings. The first-order valence-electron chi connectivity index (χ1n) is 7.22. The summed E-state index contributed by atoms with van der Waals surface area (Å²) in [5.74, 6) is -3.64. The molecule has 2 rings (SSSR count). The van der Waals surface area contributed by atoms with Crippen molar-refractivity contribution in [2.75, 3.05) is 27.2 Å². The van der Waals surface area contributed by atoms with Gasteiger partial charge in [0.2, 0.25) is 0 Å². The van der Waals surface area contributed by atoms with E-state index in [-0.39, 0.29) is 23.1 Å². The van der Waals surface area contributed by atoms with Crippen molar-refractivity contribution in [3.05, 3.63) is 23.2 Å². The molecule has 0 aliphatic carbocycles. The highest BCUT2D eigenvalue weighted by atomic mass is 35.5. The number of amides is 2. The average Bonchev–Trinajstić information content (AvgIpc) is 2.81. The van der Waals surface area contributed by atoms with Gasteiger partial charge >= 0.3 is 18.1 Å². The van der Waals surface area contributed by atoms with Gasteiger partial charge in [-0.25, -0.2) is 4.79 Å². The van der Waals surface area contributed by atoms with Crippen LogP contribution in [-0.2, 0) is 0 Å². The monoisotopic (exact) mass is 368 g/mol. The van der Waals surface area contributed by atoms with Gasteiger partial charge in [0.1, 0.15) is 0 Å². The minimum Gasteiger partial charge on any atom is -0.424 e. The highest BCUT2D eigenvalue weighted by molar-refractivity contribution is 6.30. The largest absolute Gasteiger partial charge is 0.492 e. The number of carbonyl (C=O) groups is 1. The number of hydrogen-bond acceptors (Lipinski definition) is 3. The lowest BCUT2D eigenvalue weighted by Gasteiger charge is -2.29. The number of urea groups is 1. The molecule has 0 aromatic heterocycles. The third kappa shape index (κ3) is 4.15. The summed E-state index contributed by atoms with van der Waals surface area (Å²) in [6.07, 6.45) is -4.38. The Labute approximate surface area is 141 Å². The minimum absolute atomic E-state index is 0.159. The van der Waals surface area contributed by atoms with Crippen LogP contribution in [0, 0.1) is 0 Å². The molecule has 0 spiro atoms. The van der Waals surface area contributed by atoms with E-state index in [2.05, 4.69) is 5.32 Å². The van der Waals surface area contributed by atoms with E-state index in [9.17, 15) is 18.0 Å². The molecule has 1 aliphatic heterocycles. The van der Waals surface area contributed by atoms with Crippen molar-refractivity contribution in [1.82, 2.24) is 10.6 Å². The Balaban J connectivity index is 2.04. The van der Waals surface area contributed by atoms with E-state index in [4.69, 9.17) is 21.1 Å². The van der Waals surface area contributed by atoms with Crippen molar-refractivity contribution < 1.29 is 32.3 Å². The van der Waals surface area contributed by atoms with Crippen LogP contribution in [0.25, 0.3) is 0 Å². The first-order valence-corrected chi connectivity index (χ1v) is 7.60. The molecular weight excluding hydrogens is 351 g/mol. The summed E-state index contributed by atoms with van der Waals surface area (Å²) in [4.78, 5) is 13.0. The third-order valence-corrected chi connectivity index (χ3v) is 3.44. The number of carbonyl (C=O) groups excluding carboxylic acids is 1. The van der Waals surface area contributed by atoms with E-state index in [1.807, 2.05) is 14.1 Å². The molecule has 1 aromatic carbocycles. The molecule has 1 aliphatic rings. The van der Waals surface area contributed by atoms with Crippen molar-refractivity contribution in [3.8, 4) is 11.5 Å². The molecular formula is C14H18ClF3N3O3+. The Morgan fingerprint density at radius 1 is 1.29 bits per heavy atom. The molecule has 2 amide bonds. The number of nitrogens with one attached hydrogen (secondary N) is 3. The van der Waals surface area contributed by atoms with Crippen molar-refractivity contribution >= 4 is 17.6 Å². The maximum absolute atomic E-state index is 13.4. The Kier molecular flexibility index (Phi) is 5.34. The zero-order valence-corrected chi connectivity index (χ0v) is 13.8. The van der Waals surface area contributed by atoms with Crippen LogP contribution in [0.5, 0.6) is 11.5 Å². The molecule has 0 saturated carbocycles. The summed E-state index contributed by atoms with van der Waals surface area (Å²) in [5, 5.41) is 4.25. The van der Waals surface area contributed by atoms with Crippen molar-refractivity contribution in [2.24, 2.45) is 0 Å². The normalized spacial score (nSPS) is 19.5. The van der Waals surface area contributed by atoms with Gasteiger partial charge in [0.15, 0.2) is 11.5 Å². The lowest BCUT2D eigenvalue weighted by Crippen LogP contribution is -3.05. The second-order valence-electron chi connectivity index (χ2n) is 5.60. The maximum Gasteiger partial charge on any atom is 0.492 e. The zero-order chi connectivity index (χ0) is 18.0. The van der Waals surface area contributed by atoms with Crippen molar-refractivity contribution in [2.45, 2.75) is 18.5 Å². The van der Waals surface area contributed by atoms with Crippen LogP contribution in [0.1, 0.15) is 6.42 Å². The van der Waals surface area contributed by atoms with Crippen LogP contribution >= 0.6 is 11.6 Å². The number of fused-ring (bicyclic) bond motifs is 1. The highest BCUT2D eigenvalue weighted by Gasteiger charge is 2.65. The SMILES string of the molecule is C[NH+](C)CCCNC(=O)N[C@@]1(C(F)(F)F)Oc2ccc(Cl)cc2O1. The second kappa shape index (κ2) is 6.94. The molecule has 0 radical (unpaired) electrons. The first kappa shape index (κ1) is 18.5. The second-order valence-corrected chi connectivity index (χ2v) is 6.04. The quantitative estimate of drug-likeness (QED) is 0.683. The summed E-state index contributed by atoms with van der Waals surface area (Å²) >= 11 is 5.73. The Morgan fingerprint density at radius 2 is 1.96 bits per heavy atom. The van der Waals surface area contributed by atoms with E-state index in [1.54, 1.807) is 5.32 Å². The molecule has 1 heterocycles. The Bertz CT molecular complexity index is 613. The minimum atomic E-state index is -5.00. The smallest absolute Gasteiger partial charge is 0.424 e. The summed E-state index contributed by atoms with van der Waals surface area (Å²) in [6.45, 7) is 0.991. The van der Waals surface area contributed by atoms with Gasteiger partial charge in [-0.15, -0.1) is 0 Å². The van der Waals surface area contributed by atoms with Crippen LogP contribution < -0.4 is 25.0 Å². The van der Waals surface area contributed by atoms with Crippen molar-refractivity contribution in [1.29, 1.82) is 0 Å². The molecule has 0 unspecified atom stereocenters. The van der Waals surface area contributed by atoms with E-state index in [1.165, 1.54) is 23.1 Å². The average molecular weight is 369 g/mol. The van der Waals surface area contributed by atoms with Crippen LogP contribution in [0.4, 0.5) is 18.0 Å². The Hall–Kier alpha value is -1.87. The van der Waals surface area contributed by atoms with Gasteiger partial charge in [-0.2, -0.15) is 13.2 Å². The van der Waals surface area contributed by atoms with E-state index in [0.29, 0.717) is 6.42 Å². The summed E-state index contributed by atoms with van der Waals surface area (Å²) in [6, 6.07) is 2.74. The Morgan fingerprint density at radius 3 is 2.58 bits per heavy atom. The number of ether oxygens (including phenoxy) is 2. The molecule has 3 N–H and O–H groups in total. The van der Waals surface area contributed by atoms with Crippen LogP contribution in [0.3, 0.4) is 0 Å². The predicted molar refractivity (Wildman–Crippen MR) is 80.3 cm³/mol. The molecule has 0 saturated heterocycles. The fraction of sp³-hybridized carbons (Fsp3) is 0.500. The number of benzene rings is 1. The molecule has 0 fully saturated rings. The summed E-state index contributed by atoms with van der Waals surface area (Å²) in [5.41, 5.74) is 0. The lowest BCUT2D eigenvalue weighted by atomic mass is 10.3. The fourth-order valence-corrected chi connectivity index (χ4v) is 2.21.